The maximum atomic E-state index is 6.24. The van der Waals surface area contributed by atoms with E-state index >= 15 is 0 Å². The summed E-state index contributed by atoms with van der Waals surface area (Å²) < 4.78 is 18.7. The molecule has 34 heavy (non-hydrogen) atoms. The Morgan fingerprint density at radius 1 is 0.676 bits per heavy atom. The summed E-state index contributed by atoms with van der Waals surface area (Å²) in [6.07, 6.45) is 0.901. The van der Waals surface area contributed by atoms with E-state index in [0.717, 1.165) is 12.5 Å². The van der Waals surface area contributed by atoms with Crippen molar-refractivity contribution in [2.24, 2.45) is 0 Å². The normalized spacial score (nSPS) is 12.9. The monoisotopic (exact) mass is 490 g/mol. The molecule has 0 aromatic heterocycles. The Morgan fingerprint density at radius 3 is 1.47 bits per heavy atom. The topological polar surface area (TPSA) is 27.7 Å². The zero-order valence-corrected chi connectivity index (χ0v) is 22.8. The molecule has 0 aliphatic rings. The summed E-state index contributed by atoms with van der Waals surface area (Å²) in [6, 6.07) is 33.5. The van der Waals surface area contributed by atoms with Crippen LogP contribution in [0.5, 0.6) is 0 Å². The van der Waals surface area contributed by atoms with Gasteiger partial charge in [0.15, 0.2) is 0 Å². The molecular formula is C29H38O3Si2. The third-order valence-electron chi connectivity index (χ3n) is 6.41. The molecule has 3 aromatic carbocycles. The molecule has 1 atom stereocenters. The third kappa shape index (κ3) is 5.85. The van der Waals surface area contributed by atoms with Crippen LogP contribution in [0.2, 0.25) is 6.04 Å². The SMILES string of the molecule is C=C[Si](c1ccccc1)(c1ccccc1)C(CC[Si](OCC)(OCC)OCC)c1ccccc1. The van der Waals surface area contributed by atoms with Crippen molar-refractivity contribution in [3.63, 3.8) is 0 Å². The molecule has 0 aliphatic heterocycles. The highest BCUT2D eigenvalue weighted by Crippen LogP contribution is 2.35. The Bertz CT molecular complexity index is 924. The molecular weight excluding hydrogens is 452 g/mol. The maximum Gasteiger partial charge on any atom is 0.500 e. The second-order valence-electron chi connectivity index (χ2n) is 8.29. The van der Waals surface area contributed by atoms with Gasteiger partial charge in [-0.25, -0.2) is 0 Å². The largest absolute Gasteiger partial charge is 0.500 e. The first-order valence-electron chi connectivity index (χ1n) is 12.4. The van der Waals surface area contributed by atoms with Gasteiger partial charge in [0.05, 0.1) is 0 Å². The molecule has 0 bridgehead atoms. The van der Waals surface area contributed by atoms with Gasteiger partial charge < -0.3 is 13.3 Å². The molecule has 0 radical (unpaired) electrons. The van der Waals surface area contributed by atoms with Gasteiger partial charge in [-0.2, -0.15) is 0 Å². The minimum absolute atomic E-state index is 0.254. The lowest BCUT2D eigenvalue weighted by molar-refractivity contribution is 0.0707. The van der Waals surface area contributed by atoms with Crippen molar-refractivity contribution in [1.29, 1.82) is 0 Å². The smallest absolute Gasteiger partial charge is 0.374 e. The molecule has 0 amide bonds. The Kier molecular flexibility index (Phi) is 10.0. The molecule has 3 rings (SSSR count). The van der Waals surface area contributed by atoms with E-state index in [1.165, 1.54) is 15.9 Å². The van der Waals surface area contributed by atoms with Crippen molar-refractivity contribution in [3.05, 3.63) is 109 Å². The molecule has 0 saturated heterocycles. The summed E-state index contributed by atoms with van der Waals surface area (Å²) in [6.45, 7) is 12.3. The maximum absolute atomic E-state index is 6.24. The first-order chi connectivity index (χ1) is 16.7. The summed E-state index contributed by atoms with van der Waals surface area (Å²) in [5, 5.41) is 2.73. The Labute approximate surface area is 207 Å². The molecule has 0 aliphatic carbocycles. The number of hydrogen-bond donors (Lipinski definition) is 0. The summed E-state index contributed by atoms with van der Waals surface area (Å²) in [5.74, 6) is 0. The highest BCUT2D eigenvalue weighted by molar-refractivity contribution is 7.06. The van der Waals surface area contributed by atoms with Crippen LogP contribution in [0.1, 0.15) is 38.3 Å². The fourth-order valence-electron chi connectivity index (χ4n) is 5.04. The Balaban J connectivity index is 2.17. The van der Waals surface area contributed by atoms with Crippen molar-refractivity contribution in [2.45, 2.75) is 38.8 Å². The van der Waals surface area contributed by atoms with Gasteiger partial charge in [0.1, 0.15) is 8.07 Å². The van der Waals surface area contributed by atoms with Gasteiger partial charge in [-0.15, -0.1) is 6.58 Å². The highest BCUT2D eigenvalue weighted by Gasteiger charge is 2.47. The van der Waals surface area contributed by atoms with Gasteiger partial charge in [0.25, 0.3) is 0 Å². The van der Waals surface area contributed by atoms with Crippen molar-refractivity contribution in [3.8, 4) is 0 Å². The lowest BCUT2D eigenvalue weighted by Crippen LogP contribution is -2.62. The van der Waals surface area contributed by atoms with Gasteiger partial charge in [0.2, 0.25) is 0 Å². The van der Waals surface area contributed by atoms with Crippen LogP contribution in [-0.2, 0) is 13.3 Å². The molecule has 0 fully saturated rings. The summed E-state index contributed by atoms with van der Waals surface area (Å²) in [7, 11) is -5.24. The fourth-order valence-corrected chi connectivity index (χ4v) is 12.7. The number of benzene rings is 3. The summed E-state index contributed by atoms with van der Waals surface area (Å²) in [4.78, 5) is 0. The lowest BCUT2D eigenvalue weighted by Gasteiger charge is -2.39. The minimum Gasteiger partial charge on any atom is -0.374 e. The van der Waals surface area contributed by atoms with E-state index in [1.807, 2.05) is 20.8 Å². The van der Waals surface area contributed by atoms with E-state index in [4.69, 9.17) is 13.3 Å². The first-order valence-corrected chi connectivity index (χ1v) is 16.5. The molecule has 0 N–H and O–H groups in total. The van der Waals surface area contributed by atoms with E-state index < -0.39 is 16.9 Å². The van der Waals surface area contributed by atoms with E-state index in [-0.39, 0.29) is 5.54 Å². The van der Waals surface area contributed by atoms with Crippen LogP contribution < -0.4 is 10.4 Å². The number of rotatable bonds is 14. The van der Waals surface area contributed by atoms with E-state index in [0.29, 0.717) is 19.8 Å². The van der Waals surface area contributed by atoms with Gasteiger partial charge in [-0.1, -0.05) is 96.7 Å². The second kappa shape index (κ2) is 13.0. The van der Waals surface area contributed by atoms with Crippen LogP contribution in [0.25, 0.3) is 0 Å². The predicted octanol–water partition coefficient (Wildman–Crippen LogP) is 5.74. The number of hydrogen-bond acceptors (Lipinski definition) is 3. The van der Waals surface area contributed by atoms with E-state index in [1.54, 1.807) is 0 Å². The minimum atomic E-state index is -2.80. The molecule has 1 unspecified atom stereocenters. The molecule has 3 nitrogen and oxygen atoms in total. The predicted molar refractivity (Wildman–Crippen MR) is 147 cm³/mol. The fraction of sp³-hybridized carbons (Fsp3) is 0.310. The molecule has 3 aromatic rings. The highest BCUT2D eigenvalue weighted by atomic mass is 28.4. The van der Waals surface area contributed by atoms with Gasteiger partial charge in [0, 0.05) is 25.9 Å². The second-order valence-corrected chi connectivity index (χ2v) is 15.0. The average molecular weight is 491 g/mol. The Morgan fingerprint density at radius 2 is 1.09 bits per heavy atom. The lowest BCUT2D eigenvalue weighted by atomic mass is 10.1. The third-order valence-corrected chi connectivity index (χ3v) is 14.4. The van der Waals surface area contributed by atoms with Crippen LogP contribution in [0.15, 0.2) is 103 Å². The van der Waals surface area contributed by atoms with Crippen LogP contribution >= 0.6 is 0 Å². The molecule has 180 valence electrons. The van der Waals surface area contributed by atoms with Crippen molar-refractivity contribution in [1.82, 2.24) is 0 Å². The van der Waals surface area contributed by atoms with Crippen molar-refractivity contribution >= 4 is 27.3 Å². The summed E-state index contributed by atoms with van der Waals surface area (Å²) in [5.41, 5.74) is 3.85. The molecule has 0 heterocycles. The van der Waals surface area contributed by atoms with E-state index in [9.17, 15) is 0 Å². The summed E-state index contributed by atoms with van der Waals surface area (Å²) >= 11 is 0. The van der Waals surface area contributed by atoms with E-state index in [2.05, 4.69) is 103 Å². The van der Waals surface area contributed by atoms with Crippen LogP contribution in [0.3, 0.4) is 0 Å². The molecule has 0 spiro atoms. The van der Waals surface area contributed by atoms with Crippen LogP contribution in [-0.4, -0.2) is 36.7 Å². The quantitative estimate of drug-likeness (QED) is 0.270. The van der Waals surface area contributed by atoms with Gasteiger partial charge in [-0.05, 0) is 48.7 Å². The molecule has 0 saturated carbocycles. The van der Waals surface area contributed by atoms with Crippen LogP contribution in [0, 0.1) is 0 Å². The average Bonchev–Trinajstić information content (AvgIpc) is 2.89. The van der Waals surface area contributed by atoms with Gasteiger partial charge >= 0.3 is 8.80 Å². The van der Waals surface area contributed by atoms with Crippen molar-refractivity contribution in [2.75, 3.05) is 19.8 Å². The van der Waals surface area contributed by atoms with Crippen molar-refractivity contribution < 1.29 is 13.3 Å². The zero-order chi connectivity index (χ0) is 24.3. The van der Waals surface area contributed by atoms with Gasteiger partial charge in [-0.3, -0.25) is 0 Å². The van der Waals surface area contributed by atoms with Crippen LogP contribution in [0.4, 0.5) is 0 Å². The standard InChI is InChI=1S/C29H38O3Si2/c1-5-30-34(31-6-2,32-7-3)25-24-29(26-18-12-9-13-19-26)33(8-4,27-20-14-10-15-21-27)28-22-16-11-17-23-28/h8-23,29H,4-7,24-25H2,1-3H3. The Hall–Kier alpha value is -2.29. The zero-order valence-electron chi connectivity index (χ0n) is 20.8. The molecule has 5 heteroatoms. The first kappa shape index (κ1) is 26.3.